The minimum atomic E-state index is -3.57. The fraction of sp³-hybridized carbons (Fsp3) is 0.294. The lowest BCUT2D eigenvalue weighted by Gasteiger charge is -2.33. The molecule has 0 bridgehead atoms. The molecule has 1 aliphatic heterocycles. The molecule has 1 aromatic carbocycles. The minimum Gasteiger partial charge on any atom is -0.315 e. The number of amides is 1. The van der Waals surface area contributed by atoms with E-state index in [1.54, 1.807) is 23.6 Å². The number of nitrogens with zero attached hydrogens (tertiary/aromatic N) is 3. The summed E-state index contributed by atoms with van der Waals surface area (Å²) < 4.78 is 26.7. The molecular weight excluding hydrogens is 408 g/mol. The minimum absolute atomic E-state index is 0.150. The van der Waals surface area contributed by atoms with Crippen LogP contribution in [0.3, 0.4) is 0 Å². The molecule has 142 valence electrons. The average Bonchev–Trinajstić information content (AvgIpc) is 3.09. The van der Waals surface area contributed by atoms with Gasteiger partial charge in [-0.15, -0.1) is 11.3 Å². The van der Waals surface area contributed by atoms with Crippen molar-refractivity contribution in [1.82, 2.24) is 9.21 Å². The summed E-state index contributed by atoms with van der Waals surface area (Å²) in [6.07, 6.45) is 0. The lowest BCUT2D eigenvalue weighted by molar-refractivity contribution is -0.117. The van der Waals surface area contributed by atoms with Gasteiger partial charge in [0.25, 0.3) is 0 Å². The van der Waals surface area contributed by atoms with E-state index >= 15 is 0 Å². The maximum absolute atomic E-state index is 12.7. The Labute approximate surface area is 166 Å². The van der Waals surface area contributed by atoms with Gasteiger partial charge in [-0.1, -0.05) is 11.6 Å². The summed E-state index contributed by atoms with van der Waals surface area (Å²) in [6.45, 7) is 1.67. The van der Waals surface area contributed by atoms with E-state index in [4.69, 9.17) is 16.9 Å². The molecule has 7 nitrogen and oxygen atoms in total. The number of carbonyl (C=O) groups excluding carboxylic acids is 1. The molecule has 2 aromatic rings. The number of sulfonamides is 1. The number of hydrogen-bond acceptors (Lipinski definition) is 6. The average molecular weight is 425 g/mol. The van der Waals surface area contributed by atoms with Crippen LogP contribution in [0.5, 0.6) is 0 Å². The highest BCUT2D eigenvalue weighted by Gasteiger charge is 2.29. The topological polar surface area (TPSA) is 93.5 Å². The van der Waals surface area contributed by atoms with Crippen LogP contribution in [0.25, 0.3) is 0 Å². The lowest BCUT2D eigenvalue weighted by Crippen LogP contribution is -2.50. The maximum Gasteiger partial charge on any atom is 0.243 e. The Hall–Kier alpha value is -1.96. The van der Waals surface area contributed by atoms with Gasteiger partial charge in [-0.25, -0.2) is 8.42 Å². The number of rotatable bonds is 5. The highest BCUT2D eigenvalue weighted by Crippen LogP contribution is 2.22. The van der Waals surface area contributed by atoms with Crippen molar-refractivity contribution >= 4 is 43.9 Å². The van der Waals surface area contributed by atoms with E-state index in [0.717, 1.165) is 0 Å². The van der Waals surface area contributed by atoms with Gasteiger partial charge in [0.15, 0.2) is 0 Å². The van der Waals surface area contributed by atoms with Gasteiger partial charge < -0.3 is 5.32 Å². The first-order valence-electron chi connectivity index (χ1n) is 8.15. The van der Waals surface area contributed by atoms with E-state index in [9.17, 15) is 13.2 Å². The quantitative estimate of drug-likeness (QED) is 0.794. The zero-order chi connectivity index (χ0) is 19.4. The summed E-state index contributed by atoms with van der Waals surface area (Å²) in [4.78, 5) is 14.3. The number of halogens is 1. The van der Waals surface area contributed by atoms with Gasteiger partial charge in [0.1, 0.15) is 11.1 Å². The lowest BCUT2D eigenvalue weighted by atomic mass is 10.3. The van der Waals surface area contributed by atoms with Crippen molar-refractivity contribution in [1.29, 1.82) is 5.26 Å². The third-order valence-electron chi connectivity index (χ3n) is 4.19. The van der Waals surface area contributed by atoms with E-state index in [1.807, 2.05) is 11.0 Å². The van der Waals surface area contributed by atoms with E-state index in [1.165, 1.54) is 27.8 Å². The van der Waals surface area contributed by atoms with Gasteiger partial charge in [0.2, 0.25) is 15.9 Å². The van der Waals surface area contributed by atoms with Crippen molar-refractivity contribution in [3.63, 3.8) is 0 Å². The van der Waals surface area contributed by atoms with Crippen LogP contribution >= 0.6 is 22.9 Å². The Balaban J connectivity index is 1.55. The summed E-state index contributed by atoms with van der Waals surface area (Å²) in [5.41, 5.74) is 0.437. The first kappa shape index (κ1) is 19.8. The zero-order valence-corrected chi connectivity index (χ0v) is 16.6. The summed E-state index contributed by atoms with van der Waals surface area (Å²) >= 11 is 7.11. The molecule has 1 fully saturated rings. The van der Waals surface area contributed by atoms with Crippen LogP contribution in [-0.2, 0) is 14.8 Å². The number of anilines is 1. The molecule has 10 heteroatoms. The SMILES string of the molecule is N#Cc1ccsc1NC(=O)CN1CCN(S(=O)(=O)c2ccc(Cl)cc2)CC1. The highest BCUT2D eigenvalue weighted by molar-refractivity contribution is 7.89. The van der Waals surface area contributed by atoms with Crippen LogP contribution in [0.2, 0.25) is 5.02 Å². The molecular formula is C17H17ClN4O3S2. The number of piperazine rings is 1. The Morgan fingerprint density at radius 1 is 1.19 bits per heavy atom. The van der Waals surface area contributed by atoms with E-state index < -0.39 is 10.0 Å². The van der Waals surface area contributed by atoms with Crippen LogP contribution in [0, 0.1) is 11.3 Å². The van der Waals surface area contributed by atoms with E-state index in [2.05, 4.69) is 5.32 Å². The monoisotopic (exact) mass is 424 g/mol. The molecule has 1 N–H and O–H groups in total. The molecule has 0 atom stereocenters. The first-order chi connectivity index (χ1) is 12.9. The summed E-state index contributed by atoms with van der Waals surface area (Å²) in [6, 6.07) is 9.76. The number of carbonyl (C=O) groups is 1. The van der Waals surface area contributed by atoms with Crippen molar-refractivity contribution in [2.24, 2.45) is 0 Å². The second kappa shape index (κ2) is 8.37. The number of hydrogen-bond donors (Lipinski definition) is 1. The van der Waals surface area contributed by atoms with E-state index in [-0.39, 0.29) is 17.3 Å². The van der Waals surface area contributed by atoms with Gasteiger partial charge >= 0.3 is 0 Å². The third-order valence-corrected chi connectivity index (χ3v) is 7.18. The second-order valence-electron chi connectivity index (χ2n) is 5.96. The van der Waals surface area contributed by atoms with Gasteiger partial charge in [-0.3, -0.25) is 9.69 Å². The van der Waals surface area contributed by atoms with Gasteiger partial charge in [0.05, 0.1) is 17.0 Å². The van der Waals surface area contributed by atoms with E-state index in [0.29, 0.717) is 41.8 Å². The van der Waals surface area contributed by atoms with Crippen molar-refractivity contribution in [2.75, 3.05) is 38.0 Å². The Bertz CT molecular complexity index is 959. The standard InChI is InChI=1S/C17H17ClN4O3S2/c18-14-1-3-15(4-2-14)27(24,25)22-8-6-21(7-9-22)12-16(23)20-17-13(11-19)5-10-26-17/h1-5,10H,6-9,12H2,(H,20,23). The maximum atomic E-state index is 12.7. The van der Waals surface area contributed by atoms with Gasteiger partial charge in [0, 0.05) is 31.2 Å². The molecule has 1 aromatic heterocycles. The predicted molar refractivity (Wildman–Crippen MR) is 104 cm³/mol. The fourth-order valence-electron chi connectivity index (χ4n) is 2.75. The Morgan fingerprint density at radius 2 is 1.85 bits per heavy atom. The molecule has 0 unspecified atom stereocenters. The number of nitriles is 1. The molecule has 1 amide bonds. The molecule has 27 heavy (non-hydrogen) atoms. The smallest absolute Gasteiger partial charge is 0.243 e. The molecule has 1 aliphatic rings. The van der Waals surface area contributed by atoms with Gasteiger partial charge in [-0.05, 0) is 35.7 Å². The number of benzene rings is 1. The van der Waals surface area contributed by atoms with Crippen molar-refractivity contribution in [3.05, 3.63) is 46.3 Å². The number of nitrogens with one attached hydrogen (secondary N) is 1. The highest BCUT2D eigenvalue weighted by atomic mass is 35.5. The van der Waals surface area contributed by atoms with Crippen molar-refractivity contribution < 1.29 is 13.2 Å². The van der Waals surface area contributed by atoms with Crippen LogP contribution in [0.15, 0.2) is 40.6 Å². The predicted octanol–water partition coefficient (Wildman–Crippen LogP) is 2.22. The fourth-order valence-corrected chi connectivity index (χ4v) is 5.05. The third kappa shape index (κ3) is 4.66. The molecule has 0 aliphatic carbocycles. The second-order valence-corrected chi connectivity index (χ2v) is 9.25. The van der Waals surface area contributed by atoms with Crippen LogP contribution in [0.1, 0.15) is 5.56 Å². The normalized spacial score (nSPS) is 16.0. The Kier molecular flexibility index (Phi) is 6.14. The Morgan fingerprint density at radius 3 is 2.48 bits per heavy atom. The molecule has 2 heterocycles. The van der Waals surface area contributed by atoms with Crippen LogP contribution < -0.4 is 5.32 Å². The van der Waals surface area contributed by atoms with Crippen LogP contribution in [-0.4, -0.2) is 56.3 Å². The molecule has 0 spiro atoms. The largest absolute Gasteiger partial charge is 0.315 e. The molecule has 0 saturated carbocycles. The van der Waals surface area contributed by atoms with Crippen molar-refractivity contribution in [3.8, 4) is 6.07 Å². The summed E-state index contributed by atoms with van der Waals surface area (Å²) in [5.74, 6) is -0.219. The summed E-state index contributed by atoms with van der Waals surface area (Å²) in [5, 5.41) is 14.5. The number of thiophene rings is 1. The summed E-state index contributed by atoms with van der Waals surface area (Å²) in [7, 11) is -3.57. The van der Waals surface area contributed by atoms with Gasteiger partial charge in [-0.2, -0.15) is 9.57 Å². The van der Waals surface area contributed by atoms with Crippen molar-refractivity contribution in [2.45, 2.75) is 4.90 Å². The molecule has 0 radical (unpaired) electrons. The zero-order valence-electron chi connectivity index (χ0n) is 14.3. The first-order valence-corrected chi connectivity index (χ1v) is 10.9. The molecule has 1 saturated heterocycles. The van der Waals surface area contributed by atoms with Crippen LogP contribution in [0.4, 0.5) is 5.00 Å². The molecule has 3 rings (SSSR count).